The monoisotopic (exact) mass is 289 g/mol. The van der Waals surface area contributed by atoms with Crippen molar-refractivity contribution < 1.29 is 19.1 Å². The zero-order valence-corrected chi connectivity index (χ0v) is 9.94. The number of nitrogens with zero attached hydrogens (tertiary/aromatic N) is 1. The molecule has 1 atom stereocenters. The van der Waals surface area contributed by atoms with Gasteiger partial charge in [-0.05, 0) is 12.1 Å². The van der Waals surface area contributed by atoms with Crippen molar-refractivity contribution in [1.82, 2.24) is 4.90 Å². The number of carbonyl (C=O) groups excluding carboxylic acids is 1. The van der Waals surface area contributed by atoms with E-state index in [-0.39, 0.29) is 5.56 Å². The van der Waals surface area contributed by atoms with E-state index in [1.54, 1.807) is 0 Å². The van der Waals surface area contributed by atoms with Crippen LogP contribution >= 0.6 is 15.9 Å². The highest BCUT2D eigenvalue weighted by Gasteiger charge is 2.26. The lowest BCUT2D eigenvalue weighted by Gasteiger charge is -2.21. The molecular formula is C10H9BrFNO3. The van der Waals surface area contributed by atoms with E-state index in [0.717, 1.165) is 11.0 Å². The first-order chi connectivity index (χ1) is 7.47. The van der Waals surface area contributed by atoms with Crippen LogP contribution in [0.3, 0.4) is 0 Å². The van der Waals surface area contributed by atoms with Crippen LogP contribution < -0.4 is 0 Å². The summed E-state index contributed by atoms with van der Waals surface area (Å²) in [6.07, 6.45) is 0.347. The molecule has 0 fully saturated rings. The average Bonchev–Trinajstić information content (AvgIpc) is 2.21. The van der Waals surface area contributed by atoms with Crippen LogP contribution in [0.25, 0.3) is 0 Å². The number of hydrogen-bond acceptors (Lipinski definition) is 2. The van der Waals surface area contributed by atoms with E-state index in [2.05, 4.69) is 15.9 Å². The van der Waals surface area contributed by atoms with Gasteiger partial charge in [0.05, 0.1) is 0 Å². The minimum atomic E-state index is -1.31. The van der Waals surface area contributed by atoms with E-state index in [9.17, 15) is 14.0 Å². The normalized spacial score (nSPS) is 11.9. The molecule has 1 aromatic carbocycles. The largest absolute Gasteiger partial charge is 0.479 e. The third-order valence-corrected chi connectivity index (χ3v) is 2.56. The van der Waals surface area contributed by atoms with Crippen LogP contribution in [0, 0.1) is 5.82 Å². The van der Waals surface area contributed by atoms with Crippen molar-refractivity contribution in [2.45, 2.75) is 6.04 Å². The van der Waals surface area contributed by atoms with Gasteiger partial charge in [-0.2, -0.15) is 0 Å². The molecule has 86 valence electrons. The van der Waals surface area contributed by atoms with Gasteiger partial charge >= 0.3 is 5.97 Å². The Morgan fingerprint density at radius 2 is 2.25 bits per heavy atom. The highest BCUT2D eigenvalue weighted by Crippen LogP contribution is 2.24. The molecule has 0 heterocycles. The van der Waals surface area contributed by atoms with Gasteiger partial charge in [0, 0.05) is 17.1 Å². The number of halogens is 2. The summed E-state index contributed by atoms with van der Waals surface area (Å²) in [5, 5.41) is 8.94. The average molecular weight is 290 g/mol. The summed E-state index contributed by atoms with van der Waals surface area (Å²) < 4.78 is 14.0. The summed E-state index contributed by atoms with van der Waals surface area (Å²) in [6.45, 7) is 0. The first kappa shape index (κ1) is 12.6. The minimum Gasteiger partial charge on any atom is -0.479 e. The molecular weight excluding hydrogens is 281 g/mol. The van der Waals surface area contributed by atoms with E-state index >= 15 is 0 Å². The lowest BCUT2D eigenvalue weighted by Crippen LogP contribution is -2.30. The molecule has 0 saturated carbocycles. The summed E-state index contributed by atoms with van der Waals surface area (Å²) >= 11 is 3.07. The Balaban J connectivity index is 3.21. The maximum atomic E-state index is 13.5. The second-order valence-electron chi connectivity index (χ2n) is 3.18. The van der Waals surface area contributed by atoms with Gasteiger partial charge in [0.25, 0.3) is 0 Å². The Morgan fingerprint density at radius 3 is 2.69 bits per heavy atom. The number of carboxylic acid groups (broad SMARTS) is 1. The maximum absolute atomic E-state index is 13.5. The van der Waals surface area contributed by atoms with E-state index < -0.39 is 17.8 Å². The van der Waals surface area contributed by atoms with E-state index in [1.807, 2.05) is 0 Å². The molecule has 0 spiro atoms. The van der Waals surface area contributed by atoms with E-state index in [0.29, 0.717) is 10.9 Å². The number of aliphatic carboxylic acids is 1. The van der Waals surface area contributed by atoms with Crippen LogP contribution in [0.1, 0.15) is 11.6 Å². The van der Waals surface area contributed by atoms with E-state index in [1.165, 1.54) is 19.2 Å². The zero-order chi connectivity index (χ0) is 12.3. The number of carboxylic acids is 1. The second kappa shape index (κ2) is 5.07. The topological polar surface area (TPSA) is 57.6 Å². The molecule has 1 aromatic rings. The van der Waals surface area contributed by atoms with Gasteiger partial charge in [0.1, 0.15) is 5.82 Å². The van der Waals surface area contributed by atoms with Crippen LogP contribution in [0.4, 0.5) is 4.39 Å². The second-order valence-corrected chi connectivity index (χ2v) is 4.09. The fraction of sp³-hybridized carbons (Fsp3) is 0.200. The van der Waals surface area contributed by atoms with E-state index in [4.69, 9.17) is 5.11 Å². The smallest absolute Gasteiger partial charge is 0.331 e. The van der Waals surface area contributed by atoms with Crippen LogP contribution in [0.2, 0.25) is 0 Å². The first-order valence-electron chi connectivity index (χ1n) is 4.32. The molecule has 1 rings (SSSR count). The molecule has 16 heavy (non-hydrogen) atoms. The molecule has 0 aromatic heterocycles. The van der Waals surface area contributed by atoms with Crippen LogP contribution in [0.5, 0.6) is 0 Å². The van der Waals surface area contributed by atoms with Crippen molar-refractivity contribution in [3.05, 3.63) is 34.1 Å². The Kier molecular flexibility index (Phi) is 4.00. The highest BCUT2D eigenvalue weighted by molar-refractivity contribution is 9.10. The first-order valence-corrected chi connectivity index (χ1v) is 5.11. The number of carbonyl (C=O) groups is 2. The van der Waals surface area contributed by atoms with Crippen LogP contribution in [-0.2, 0) is 9.59 Å². The zero-order valence-electron chi connectivity index (χ0n) is 8.35. The van der Waals surface area contributed by atoms with Gasteiger partial charge in [0.15, 0.2) is 6.04 Å². The Labute approximate surface area is 99.8 Å². The third-order valence-electron chi connectivity index (χ3n) is 2.06. The van der Waals surface area contributed by atoms with Gasteiger partial charge in [-0.1, -0.05) is 22.0 Å². The Hall–Kier alpha value is -1.43. The molecule has 1 amide bonds. The minimum absolute atomic E-state index is 0.0506. The fourth-order valence-corrected chi connectivity index (χ4v) is 1.64. The molecule has 0 aliphatic heterocycles. The lowest BCUT2D eigenvalue weighted by atomic mass is 10.1. The Bertz CT molecular complexity index is 425. The summed E-state index contributed by atoms with van der Waals surface area (Å²) in [5.74, 6) is -1.95. The van der Waals surface area contributed by atoms with Crippen molar-refractivity contribution in [3.63, 3.8) is 0 Å². The Morgan fingerprint density at radius 1 is 1.62 bits per heavy atom. The van der Waals surface area contributed by atoms with Crippen molar-refractivity contribution >= 4 is 28.3 Å². The SMILES string of the molecule is CN(C=O)C(C(=O)O)c1ccc(Br)cc1F. The molecule has 0 saturated heterocycles. The standard InChI is InChI=1S/C10H9BrFNO3/c1-13(5-14)9(10(15)16)7-3-2-6(11)4-8(7)12/h2-5,9H,1H3,(H,15,16). The van der Waals surface area contributed by atoms with Crippen LogP contribution in [-0.4, -0.2) is 29.4 Å². The number of amides is 1. The van der Waals surface area contributed by atoms with Gasteiger partial charge in [0.2, 0.25) is 6.41 Å². The molecule has 0 bridgehead atoms. The summed E-state index contributed by atoms with van der Waals surface area (Å²) in [4.78, 5) is 22.4. The molecule has 6 heteroatoms. The lowest BCUT2D eigenvalue weighted by molar-refractivity contribution is -0.145. The maximum Gasteiger partial charge on any atom is 0.331 e. The van der Waals surface area contributed by atoms with Gasteiger partial charge in [-0.15, -0.1) is 0 Å². The molecule has 1 N–H and O–H groups in total. The summed E-state index contributed by atoms with van der Waals surface area (Å²) in [6, 6.07) is 2.69. The molecule has 4 nitrogen and oxygen atoms in total. The molecule has 0 aliphatic carbocycles. The van der Waals surface area contributed by atoms with Crippen molar-refractivity contribution in [3.8, 4) is 0 Å². The predicted molar refractivity (Wildman–Crippen MR) is 58.3 cm³/mol. The van der Waals surface area contributed by atoms with Gasteiger partial charge in [-0.25, -0.2) is 9.18 Å². The number of rotatable bonds is 4. The quantitative estimate of drug-likeness (QED) is 0.860. The third kappa shape index (κ3) is 2.57. The molecule has 0 radical (unpaired) electrons. The van der Waals surface area contributed by atoms with Crippen molar-refractivity contribution in [2.24, 2.45) is 0 Å². The van der Waals surface area contributed by atoms with Crippen LogP contribution in [0.15, 0.2) is 22.7 Å². The fourth-order valence-electron chi connectivity index (χ4n) is 1.31. The summed E-state index contributed by atoms with van der Waals surface area (Å²) in [7, 11) is 1.28. The van der Waals surface area contributed by atoms with Gasteiger partial charge in [-0.3, -0.25) is 4.79 Å². The summed E-state index contributed by atoms with van der Waals surface area (Å²) in [5.41, 5.74) is -0.0506. The van der Waals surface area contributed by atoms with Crippen molar-refractivity contribution in [1.29, 1.82) is 0 Å². The van der Waals surface area contributed by atoms with Gasteiger partial charge < -0.3 is 10.0 Å². The predicted octanol–water partition coefficient (Wildman–Crippen LogP) is 1.80. The highest BCUT2D eigenvalue weighted by atomic mass is 79.9. The van der Waals surface area contributed by atoms with Crippen molar-refractivity contribution in [2.75, 3.05) is 7.05 Å². The number of benzene rings is 1. The number of hydrogen-bond donors (Lipinski definition) is 1. The molecule has 1 unspecified atom stereocenters. The number of likely N-dealkylation sites (N-methyl/N-ethyl adjacent to an activating group) is 1. The molecule has 0 aliphatic rings.